The standard InChI is InChI=1S/C19H30Si/c1-6-18(12-10-11-17(2)3)15-16-20(4,5)19-13-8-7-9-14-19/h7-9,11,13-15H,6,10,12,16H2,1-5H3/b18-15+. The highest BCUT2D eigenvalue weighted by Crippen LogP contribution is 2.17. The zero-order valence-electron chi connectivity index (χ0n) is 13.9. The average molecular weight is 287 g/mol. The molecule has 1 heteroatoms. The van der Waals surface area contributed by atoms with Gasteiger partial charge in [-0.15, -0.1) is 0 Å². The third-order valence-electron chi connectivity index (χ3n) is 3.93. The molecule has 0 fully saturated rings. The van der Waals surface area contributed by atoms with E-state index in [-0.39, 0.29) is 0 Å². The third-order valence-corrected chi connectivity index (χ3v) is 7.05. The molecule has 0 atom stereocenters. The van der Waals surface area contributed by atoms with Gasteiger partial charge in [-0.2, -0.15) is 0 Å². The van der Waals surface area contributed by atoms with Crippen LogP contribution in [0.25, 0.3) is 0 Å². The second kappa shape index (κ2) is 8.26. The topological polar surface area (TPSA) is 0 Å². The maximum atomic E-state index is 2.53. The van der Waals surface area contributed by atoms with E-state index in [0.717, 1.165) is 0 Å². The molecule has 0 radical (unpaired) electrons. The maximum absolute atomic E-state index is 2.53. The van der Waals surface area contributed by atoms with Crippen molar-refractivity contribution in [2.45, 2.75) is 59.2 Å². The quantitative estimate of drug-likeness (QED) is 0.446. The van der Waals surface area contributed by atoms with Crippen LogP contribution in [0.3, 0.4) is 0 Å². The number of benzene rings is 1. The predicted molar refractivity (Wildman–Crippen MR) is 95.4 cm³/mol. The minimum atomic E-state index is -1.31. The fourth-order valence-electron chi connectivity index (χ4n) is 2.38. The summed E-state index contributed by atoms with van der Waals surface area (Å²) in [5.74, 6) is 0. The highest BCUT2D eigenvalue weighted by Gasteiger charge is 2.21. The van der Waals surface area contributed by atoms with Crippen molar-refractivity contribution in [2.24, 2.45) is 0 Å². The normalized spacial score (nSPS) is 12.3. The summed E-state index contributed by atoms with van der Waals surface area (Å²) in [6, 6.07) is 12.3. The second-order valence-electron chi connectivity index (χ2n) is 6.49. The summed E-state index contributed by atoms with van der Waals surface area (Å²) < 4.78 is 0. The zero-order valence-corrected chi connectivity index (χ0v) is 14.9. The maximum Gasteiger partial charge on any atom is 0.0843 e. The van der Waals surface area contributed by atoms with Crippen LogP contribution in [0.1, 0.15) is 40.0 Å². The van der Waals surface area contributed by atoms with Crippen molar-refractivity contribution in [3.8, 4) is 0 Å². The fraction of sp³-hybridized carbons (Fsp3) is 0.474. The fourth-order valence-corrected chi connectivity index (χ4v) is 4.51. The van der Waals surface area contributed by atoms with Crippen LogP contribution in [0.4, 0.5) is 0 Å². The summed E-state index contributed by atoms with van der Waals surface area (Å²) in [7, 11) is -1.31. The van der Waals surface area contributed by atoms with Crippen LogP contribution in [0, 0.1) is 0 Å². The van der Waals surface area contributed by atoms with Crippen molar-refractivity contribution in [3.05, 3.63) is 53.6 Å². The average Bonchev–Trinajstić information content (AvgIpc) is 2.43. The van der Waals surface area contributed by atoms with Crippen molar-refractivity contribution < 1.29 is 0 Å². The largest absolute Gasteiger partial charge is 0.0877 e. The monoisotopic (exact) mass is 286 g/mol. The molecule has 0 amide bonds. The van der Waals surface area contributed by atoms with Gasteiger partial charge in [0.15, 0.2) is 0 Å². The second-order valence-corrected chi connectivity index (χ2v) is 11.2. The minimum Gasteiger partial charge on any atom is -0.0877 e. The Morgan fingerprint density at radius 1 is 1.05 bits per heavy atom. The molecule has 0 aliphatic carbocycles. The van der Waals surface area contributed by atoms with Crippen LogP contribution in [0.2, 0.25) is 19.1 Å². The lowest BCUT2D eigenvalue weighted by molar-refractivity contribution is 0.898. The van der Waals surface area contributed by atoms with Crippen LogP contribution in [0.15, 0.2) is 53.6 Å². The molecular formula is C19H30Si. The molecule has 0 aliphatic heterocycles. The highest BCUT2D eigenvalue weighted by atomic mass is 28.3. The molecule has 1 rings (SSSR count). The van der Waals surface area contributed by atoms with Crippen molar-refractivity contribution in [2.75, 3.05) is 0 Å². The predicted octanol–water partition coefficient (Wildman–Crippen LogP) is 5.68. The molecule has 0 heterocycles. The summed E-state index contributed by atoms with van der Waals surface area (Å²) in [6.45, 7) is 11.6. The highest BCUT2D eigenvalue weighted by molar-refractivity contribution is 6.90. The van der Waals surface area contributed by atoms with Crippen LogP contribution in [-0.2, 0) is 0 Å². The van der Waals surface area contributed by atoms with E-state index in [4.69, 9.17) is 0 Å². The van der Waals surface area contributed by atoms with Crippen molar-refractivity contribution in [3.63, 3.8) is 0 Å². The van der Waals surface area contributed by atoms with Gasteiger partial charge in [0.05, 0.1) is 8.07 Å². The minimum absolute atomic E-state index is 1.19. The van der Waals surface area contributed by atoms with E-state index in [1.54, 1.807) is 10.8 Å². The summed E-state index contributed by atoms with van der Waals surface area (Å²) in [4.78, 5) is 0. The van der Waals surface area contributed by atoms with E-state index < -0.39 is 8.07 Å². The smallest absolute Gasteiger partial charge is 0.0843 e. The van der Waals surface area contributed by atoms with Gasteiger partial charge in [-0.05, 0) is 39.2 Å². The number of allylic oxidation sites excluding steroid dienone is 4. The molecule has 0 aromatic heterocycles. The Labute approximate surface area is 126 Å². The summed E-state index contributed by atoms with van der Waals surface area (Å²) in [5, 5.41) is 1.57. The van der Waals surface area contributed by atoms with E-state index in [0.29, 0.717) is 0 Å². The van der Waals surface area contributed by atoms with Gasteiger partial charge in [-0.1, -0.05) is 78.8 Å². The van der Waals surface area contributed by atoms with E-state index >= 15 is 0 Å². The molecule has 0 bridgehead atoms. The Morgan fingerprint density at radius 3 is 2.25 bits per heavy atom. The van der Waals surface area contributed by atoms with E-state index in [1.807, 2.05) is 0 Å². The van der Waals surface area contributed by atoms with Gasteiger partial charge in [0.1, 0.15) is 0 Å². The van der Waals surface area contributed by atoms with E-state index in [2.05, 4.69) is 76.3 Å². The molecule has 0 unspecified atom stereocenters. The molecule has 0 nitrogen and oxygen atoms in total. The van der Waals surface area contributed by atoms with Gasteiger partial charge >= 0.3 is 0 Å². The van der Waals surface area contributed by atoms with Crippen molar-refractivity contribution >= 4 is 13.3 Å². The summed E-state index contributed by atoms with van der Waals surface area (Å²) >= 11 is 0. The molecule has 0 saturated carbocycles. The Morgan fingerprint density at radius 2 is 1.70 bits per heavy atom. The molecule has 110 valence electrons. The summed E-state index contributed by atoms with van der Waals surface area (Å²) in [6.07, 6.45) is 8.48. The SMILES string of the molecule is CC/C(=C\C[Si](C)(C)c1ccccc1)CCC=C(C)C. The van der Waals surface area contributed by atoms with Crippen molar-refractivity contribution in [1.82, 2.24) is 0 Å². The lowest BCUT2D eigenvalue weighted by atomic mass is 10.1. The number of hydrogen-bond donors (Lipinski definition) is 0. The molecule has 1 aromatic rings. The van der Waals surface area contributed by atoms with Crippen LogP contribution >= 0.6 is 0 Å². The molecule has 0 saturated heterocycles. The van der Waals surface area contributed by atoms with Gasteiger partial charge in [-0.25, -0.2) is 0 Å². The van der Waals surface area contributed by atoms with Gasteiger partial charge < -0.3 is 0 Å². The number of rotatable bonds is 7. The Balaban J connectivity index is 2.65. The molecular weight excluding hydrogens is 256 g/mol. The van der Waals surface area contributed by atoms with Crippen LogP contribution < -0.4 is 5.19 Å². The van der Waals surface area contributed by atoms with Crippen molar-refractivity contribution in [1.29, 1.82) is 0 Å². The van der Waals surface area contributed by atoms with E-state index in [9.17, 15) is 0 Å². The summed E-state index contributed by atoms with van der Waals surface area (Å²) in [5.41, 5.74) is 3.05. The van der Waals surface area contributed by atoms with Gasteiger partial charge in [0.25, 0.3) is 0 Å². The first-order valence-corrected chi connectivity index (χ1v) is 11.0. The van der Waals surface area contributed by atoms with Crippen LogP contribution in [0.5, 0.6) is 0 Å². The lowest BCUT2D eigenvalue weighted by Gasteiger charge is -2.21. The first-order chi connectivity index (χ1) is 9.45. The van der Waals surface area contributed by atoms with E-state index in [1.165, 1.54) is 30.9 Å². The molecule has 0 N–H and O–H groups in total. The first-order valence-electron chi connectivity index (χ1n) is 7.82. The Bertz CT molecular complexity index is 448. The molecule has 0 spiro atoms. The van der Waals surface area contributed by atoms with Gasteiger partial charge in [0, 0.05) is 0 Å². The first kappa shape index (κ1) is 17.0. The molecule has 20 heavy (non-hydrogen) atoms. The molecule has 0 aliphatic rings. The Hall–Kier alpha value is -1.08. The zero-order chi connectivity index (χ0) is 15.0. The van der Waals surface area contributed by atoms with Crippen LogP contribution in [-0.4, -0.2) is 8.07 Å². The molecule has 1 aromatic carbocycles. The van der Waals surface area contributed by atoms with Gasteiger partial charge in [-0.3, -0.25) is 0 Å². The van der Waals surface area contributed by atoms with Gasteiger partial charge in [0.2, 0.25) is 0 Å². The lowest BCUT2D eigenvalue weighted by Crippen LogP contribution is -2.40. The number of hydrogen-bond acceptors (Lipinski definition) is 0. The Kier molecular flexibility index (Phi) is 7.01. The third kappa shape index (κ3) is 5.92.